The molecule has 21 heavy (non-hydrogen) atoms. The topological polar surface area (TPSA) is 38.8 Å². The van der Waals surface area contributed by atoms with E-state index in [-0.39, 0.29) is 18.6 Å². The average Bonchev–Trinajstić information content (AvgIpc) is 2.52. The van der Waals surface area contributed by atoms with Gasteiger partial charge in [-0.3, -0.25) is 4.79 Å². The molecular weight excluding hydrogens is 290 g/mol. The van der Waals surface area contributed by atoms with Gasteiger partial charge < -0.3 is 14.4 Å². The molecule has 0 aromatic heterocycles. The monoisotopic (exact) mass is 309 g/mol. The molecule has 0 bridgehead atoms. The molecule has 1 saturated heterocycles. The molecule has 0 spiro atoms. The minimum Gasteiger partial charge on any atom is -0.484 e. The molecule has 0 radical (unpaired) electrons. The van der Waals surface area contributed by atoms with Crippen molar-refractivity contribution >= 4 is 17.5 Å². The summed E-state index contributed by atoms with van der Waals surface area (Å²) in [6.07, 6.45) is 3.76. The number of likely N-dealkylation sites (tertiary alicyclic amines) is 1. The first-order chi connectivity index (χ1) is 10.2. The summed E-state index contributed by atoms with van der Waals surface area (Å²) in [5.41, 5.74) is 0. The van der Waals surface area contributed by atoms with E-state index in [1.165, 1.54) is 0 Å². The highest BCUT2D eigenvalue weighted by Gasteiger charge is 2.24. The van der Waals surface area contributed by atoms with Crippen LogP contribution in [0.25, 0.3) is 0 Å². The summed E-state index contributed by atoms with van der Waals surface area (Å²) >= 11 is 5.80. The van der Waals surface area contributed by atoms with Gasteiger partial charge in [0.1, 0.15) is 5.75 Å². The zero-order chi connectivity index (χ0) is 15.1. The minimum absolute atomic E-state index is 0.0168. The van der Waals surface area contributed by atoms with Gasteiger partial charge in [0.2, 0.25) is 0 Å². The molecule has 1 heterocycles. The summed E-state index contributed by atoms with van der Waals surface area (Å²) in [6.45, 7) is 5.58. The maximum atomic E-state index is 12.2. The van der Waals surface area contributed by atoms with Crippen LogP contribution >= 0.6 is 11.6 Å². The number of nitrogens with zero attached hydrogens (tertiary/aromatic N) is 1. The van der Waals surface area contributed by atoms with E-state index in [1.807, 2.05) is 0 Å². The molecule has 0 aliphatic carbocycles. The summed E-state index contributed by atoms with van der Waals surface area (Å²) in [7, 11) is 0. The Morgan fingerprint density at radius 3 is 2.90 bits per heavy atom. The molecular formula is C16H20ClNO3. The molecule has 2 rings (SSSR count). The molecule has 1 amide bonds. The third-order valence-corrected chi connectivity index (χ3v) is 3.61. The average molecular weight is 310 g/mol. The molecule has 1 fully saturated rings. The van der Waals surface area contributed by atoms with Crippen molar-refractivity contribution in [3.63, 3.8) is 0 Å². The van der Waals surface area contributed by atoms with Gasteiger partial charge in [0.05, 0.1) is 12.7 Å². The Morgan fingerprint density at radius 2 is 2.19 bits per heavy atom. The molecule has 1 atom stereocenters. The highest BCUT2D eigenvalue weighted by atomic mass is 35.5. The number of carbonyl (C=O) groups is 1. The standard InChI is InChI=1S/C16H20ClNO3/c1-2-10-20-15-4-3-9-18(11-15)16(19)12-21-14-7-5-13(17)6-8-14/h2,5-8,15H,1,3-4,9-12H2. The van der Waals surface area contributed by atoms with Gasteiger partial charge in [-0.2, -0.15) is 0 Å². The van der Waals surface area contributed by atoms with E-state index in [0.717, 1.165) is 19.4 Å². The van der Waals surface area contributed by atoms with Gasteiger partial charge in [0.15, 0.2) is 6.61 Å². The molecule has 1 aromatic carbocycles. The minimum atomic E-state index is -0.0168. The predicted molar refractivity (Wildman–Crippen MR) is 82.7 cm³/mol. The van der Waals surface area contributed by atoms with Crippen molar-refractivity contribution in [3.8, 4) is 5.75 Å². The van der Waals surface area contributed by atoms with E-state index in [9.17, 15) is 4.79 Å². The van der Waals surface area contributed by atoms with Gasteiger partial charge in [-0.1, -0.05) is 17.7 Å². The van der Waals surface area contributed by atoms with Crippen molar-refractivity contribution in [2.24, 2.45) is 0 Å². The molecule has 1 unspecified atom stereocenters. The zero-order valence-corrected chi connectivity index (χ0v) is 12.7. The lowest BCUT2D eigenvalue weighted by Gasteiger charge is -2.32. The van der Waals surface area contributed by atoms with E-state index in [0.29, 0.717) is 23.9 Å². The van der Waals surface area contributed by atoms with Gasteiger partial charge in [-0.15, -0.1) is 6.58 Å². The summed E-state index contributed by atoms with van der Waals surface area (Å²) < 4.78 is 11.1. The van der Waals surface area contributed by atoms with Gasteiger partial charge in [-0.05, 0) is 37.1 Å². The van der Waals surface area contributed by atoms with E-state index >= 15 is 0 Å². The fraction of sp³-hybridized carbons (Fsp3) is 0.438. The fourth-order valence-corrected chi connectivity index (χ4v) is 2.40. The number of rotatable bonds is 6. The Bertz CT molecular complexity index is 475. The van der Waals surface area contributed by atoms with Gasteiger partial charge in [-0.25, -0.2) is 0 Å². The first-order valence-corrected chi connectivity index (χ1v) is 7.45. The second kappa shape index (κ2) is 8.05. The van der Waals surface area contributed by atoms with Crippen molar-refractivity contribution in [1.29, 1.82) is 0 Å². The van der Waals surface area contributed by atoms with Crippen LogP contribution in [0.15, 0.2) is 36.9 Å². The summed E-state index contributed by atoms with van der Waals surface area (Å²) in [4.78, 5) is 14.0. The number of carbonyl (C=O) groups excluding carboxylic acids is 1. The molecule has 5 heteroatoms. The van der Waals surface area contributed by atoms with Crippen molar-refractivity contribution < 1.29 is 14.3 Å². The third kappa shape index (κ3) is 5.06. The van der Waals surface area contributed by atoms with E-state index in [4.69, 9.17) is 21.1 Å². The van der Waals surface area contributed by atoms with E-state index < -0.39 is 0 Å². The lowest BCUT2D eigenvalue weighted by atomic mass is 10.1. The van der Waals surface area contributed by atoms with Crippen LogP contribution < -0.4 is 4.74 Å². The Labute approximate surface area is 130 Å². The van der Waals surface area contributed by atoms with Crippen LogP contribution in [0.1, 0.15) is 12.8 Å². The largest absolute Gasteiger partial charge is 0.484 e. The molecule has 114 valence electrons. The lowest BCUT2D eigenvalue weighted by molar-refractivity contribution is -0.137. The van der Waals surface area contributed by atoms with Crippen molar-refractivity contribution in [2.75, 3.05) is 26.3 Å². The van der Waals surface area contributed by atoms with Crippen LogP contribution in [0.3, 0.4) is 0 Å². The summed E-state index contributed by atoms with van der Waals surface area (Å²) in [5, 5.41) is 0.645. The van der Waals surface area contributed by atoms with Crippen molar-refractivity contribution in [3.05, 3.63) is 41.9 Å². The maximum absolute atomic E-state index is 12.2. The molecule has 1 aromatic rings. The number of hydrogen-bond acceptors (Lipinski definition) is 3. The number of piperidine rings is 1. The number of halogens is 1. The second-order valence-electron chi connectivity index (χ2n) is 4.97. The Hall–Kier alpha value is -1.52. The highest BCUT2D eigenvalue weighted by molar-refractivity contribution is 6.30. The normalized spacial score (nSPS) is 18.3. The maximum Gasteiger partial charge on any atom is 0.260 e. The van der Waals surface area contributed by atoms with E-state index in [2.05, 4.69) is 6.58 Å². The Morgan fingerprint density at radius 1 is 1.43 bits per heavy atom. The van der Waals surface area contributed by atoms with Crippen LogP contribution in [-0.4, -0.2) is 43.2 Å². The number of amides is 1. The first-order valence-electron chi connectivity index (χ1n) is 7.07. The number of ether oxygens (including phenoxy) is 2. The lowest BCUT2D eigenvalue weighted by Crippen LogP contribution is -2.45. The predicted octanol–water partition coefficient (Wildman–Crippen LogP) is 2.91. The smallest absolute Gasteiger partial charge is 0.260 e. The van der Waals surface area contributed by atoms with Gasteiger partial charge in [0.25, 0.3) is 5.91 Å². The summed E-state index contributed by atoms with van der Waals surface area (Å²) in [6, 6.07) is 6.98. The van der Waals surface area contributed by atoms with Crippen LogP contribution in [0.4, 0.5) is 0 Å². The van der Waals surface area contributed by atoms with Crippen LogP contribution in [-0.2, 0) is 9.53 Å². The third-order valence-electron chi connectivity index (χ3n) is 3.36. The van der Waals surface area contributed by atoms with Crippen LogP contribution in [0, 0.1) is 0 Å². The second-order valence-corrected chi connectivity index (χ2v) is 5.41. The molecule has 0 N–H and O–H groups in total. The Kier molecular flexibility index (Phi) is 6.08. The number of benzene rings is 1. The molecule has 0 saturated carbocycles. The van der Waals surface area contributed by atoms with Crippen LogP contribution in [0.5, 0.6) is 5.75 Å². The highest BCUT2D eigenvalue weighted by Crippen LogP contribution is 2.17. The Balaban J connectivity index is 1.79. The summed E-state index contributed by atoms with van der Waals surface area (Å²) in [5.74, 6) is 0.626. The fourth-order valence-electron chi connectivity index (χ4n) is 2.27. The zero-order valence-electron chi connectivity index (χ0n) is 12.0. The quantitative estimate of drug-likeness (QED) is 0.758. The first kappa shape index (κ1) is 15.9. The molecule has 1 aliphatic rings. The van der Waals surface area contributed by atoms with Gasteiger partial charge in [0, 0.05) is 18.1 Å². The van der Waals surface area contributed by atoms with Crippen LogP contribution in [0.2, 0.25) is 5.02 Å². The van der Waals surface area contributed by atoms with Crippen molar-refractivity contribution in [1.82, 2.24) is 4.90 Å². The van der Waals surface area contributed by atoms with E-state index in [1.54, 1.807) is 35.2 Å². The molecule has 4 nitrogen and oxygen atoms in total. The SMILES string of the molecule is C=CCOC1CCCN(C(=O)COc2ccc(Cl)cc2)C1. The molecule has 1 aliphatic heterocycles. The van der Waals surface area contributed by atoms with Gasteiger partial charge >= 0.3 is 0 Å². The van der Waals surface area contributed by atoms with Crippen molar-refractivity contribution in [2.45, 2.75) is 18.9 Å². The number of hydrogen-bond donors (Lipinski definition) is 0.